The molecule has 0 saturated carbocycles. The van der Waals surface area contributed by atoms with E-state index in [2.05, 4.69) is 39.6 Å². The minimum absolute atomic E-state index is 0.0595. The smallest absolute Gasteiger partial charge is 0.239 e. The van der Waals surface area contributed by atoms with Gasteiger partial charge in [0.15, 0.2) is 0 Å². The molecule has 6 heteroatoms. The van der Waals surface area contributed by atoms with Gasteiger partial charge in [0.05, 0.1) is 17.1 Å². The summed E-state index contributed by atoms with van der Waals surface area (Å²) in [6.07, 6.45) is 5.23. The van der Waals surface area contributed by atoms with E-state index in [1.165, 1.54) is 6.42 Å². The number of imidazole rings is 1. The molecule has 0 N–H and O–H groups in total. The fourth-order valence-corrected chi connectivity index (χ4v) is 5.21. The molecule has 1 amide bonds. The number of carbonyl (C=O) groups excluding carboxylic acids is 1. The molecule has 0 unspecified atom stereocenters. The summed E-state index contributed by atoms with van der Waals surface area (Å²) in [4.78, 5) is 22.4. The van der Waals surface area contributed by atoms with Gasteiger partial charge in [0.2, 0.25) is 5.91 Å². The maximum Gasteiger partial charge on any atom is 0.239 e. The van der Waals surface area contributed by atoms with Gasteiger partial charge < -0.3 is 14.2 Å². The summed E-state index contributed by atoms with van der Waals surface area (Å²) in [6, 6.07) is 18.6. The standard InChI is InChI=1S/C26H32N4O2/c1-28-16-8-7-13-24(28)26(31)29-17-14-20(15-18-29)30-23-12-6-5-11-22(23)27-25(30)19-32-21-9-3-2-4-10-21/h2-6,9-12,20,24H,7-8,13-19H2,1H3/t24-/m0/s1. The van der Waals surface area contributed by atoms with E-state index < -0.39 is 0 Å². The Bertz CT molecular complexity index is 1060. The fourth-order valence-electron chi connectivity index (χ4n) is 5.21. The predicted octanol–water partition coefficient (Wildman–Crippen LogP) is 4.26. The molecule has 168 valence electrons. The van der Waals surface area contributed by atoms with E-state index in [0.29, 0.717) is 18.6 Å². The molecule has 5 rings (SSSR count). The first kappa shape index (κ1) is 21.0. The maximum atomic E-state index is 13.1. The van der Waals surface area contributed by atoms with Crippen molar-refractivity contribution in [3.05, 3.63) is 60.4 Å². The maximum absolute atomic E-state index is 13.1. The Balaban J connectivity index is 1.32. The van der Waals surface area contributed by atoms with Gasteiger partial charge in [0, 0.05) is 19.1 Å². The SMILES string of the molecule is CN1CCCC[C@H]1C(=O)N1CCC(n2c(COc3ccccc3)nc3ccccc32)CC1. The van der Waals surface area contributed by atoms with Gasteiger partial charge in [-0.15, -0.1) is 0 Å². The van der Waals surface area contributed by atoms with E-state index in [-0.39, 0.29) is 6.04 Å². The average Bonchev–Trinajstić information content (AvgIpc) is 3.22. The van der Waals surface area contributed by atoms with Crippen LogP contribution in [0.25, 0.3) is 11.0 Å². The number of benzene rings is 2. The quantitative estimate of drug-likeness (QED) is 0.604. The molecule has 0 radical (unpaired) electrons. The van der Waals surface area contributed by atoms with Crippen molar-refractivity contribution in [3.8, 4) is 5.75 Å². The molecule has 32 heavy (non-hydrogen) atoms. The summed E-state index contributed by atoms with van der Waals surface area (Å²) in [6.45, 7) is 3.07. The van der Waals surface area contributed by atoms with E-state index in [1.54, 1.807) is 0 Å². The molecular formula is C26H32N4O2. The largest absolute Gasteiger partial charge is 0.486 e. The Morgan fingerprint density at radius 1 is 0.969 bits per heavy atom. The summed E-state index contributed by atoms with van der Waals surface area (Å²) in [5.41, 5.74) is 2.15. The summed E-state index contributed by atoms with van der Waals surface area (Å²) in [5.74, 6) is 2.11. The molecule has 2 aliphatic heterocycles. The third-order valence-electron chi connectivity index (χ3n) is 6.98. The van der Waals surface area contributed by atoms with Crippen LogP contribution >= 0.6 is 0 Å². The number of nitrogens with zero attached hydrogens (tertiary/aromatic N) is 4. The molecule has 2 aromatic carbocycles. The van der Waals surface area contributed by atoms with Gasteiger partial charge in [-0.05, 0) is 63.5 Å². The van der Waals surface area contributed by atoms with Crippen LogP contribution in [0, 0.1) is 0 Å². The van der Waals surface area contributed by atoms with Crippen molar-refractivity contribution in [1.82, 2.24) is 19.4 Å². The van der Waals surface area contributed by atoms with Crippen LogP contribution in [0.5, 0.6) is 5.75 Å². The number of fused-ring (bicyclic) bond motifs is 1. The Hall–Kier alpha value is -2.86. The molecule has 1 aromatic heterocycles. The fraction of sp³-hybridized carbons (Fsp3) is 0.462. The molecule has 2 saturated heterocycles. The van der Waals surface area contributed by atoms with Gasteiger partial charge in [-0.1, -0.05) is 36.8 Å². The Kier molecular flexibility index (Phi) is 6.12. The number of hydrogen-bond acceptors (Lipinski definition) is 4. The first-order chi connectivity index (χ1) is 15.7. The minimum atomic E-state index is 0.0595. The number of aromatic nitrogens is 2. The van der Waals surface area contributed by atoms with E-state index in [0.717, 1.165) is 67.9 Å². The molecule has 2 aliphatic rings. The highest BCUT2D eigenvalue weighted by molar-refractivity contribution is 5.82. The van der Waals surface area contributed by atoms with Crippen molar-refractivity contribution in [2.24, 2.45) is 0 Å². The highest BCUT2D eigenvalue weighted by Crippen LogP contribution is 2.30. The third kappa shape index (κ3) is 4.24. The lowest BCUT2D eigenvalue weighted by Gasteiger charge is -2.39. The number of para-hydroxylation sites is 3. The predicted molar refractivity (Wildman–Crippen MR) is 126 cm³/mol. The molecule has 0 bridgehead atoms. The second-order valence-electron chi connectivity index (χ2n) is 9.04. The van der Waals surface area contributed by atoms with Crippen molar-refractivity contribution < 1.29 is 9.53 Å². The second kappa shape index (κ2) is 9.33. The lowest BCUT2D eigenvalue weighted by molar-refractivity contribution is -0.139. The number of ether oxygens (including phenoxy) is 1. The van der Waals surface area contributed by atoms with Crippen LogP contribution in [-0.2, 0) is 11.4 Å². The Labute approximate surface area is 189 Å². The lowest BCUT2D eigenvalue weighted by atomic mass is 9.99. The van der Waals surface area contributed by atoms with Crippen LogP contribution in [0.4, 0.5) is 0 Å². The van der Waals surface area contributed by atoms with E-state index in [1.807, 2.05) is 36.4 Å². The minimum Gasteiger partial charge on any atom is -0.486 e. The van der Waals surface area contributed by atoms with Gasteiger partial charge in [-0.2, -0.15) is 0 Å². The molecule has 3 aromatic rings. The highest BCUT2D eigenvalue weighted by atomic mass is 16.5. The van der Waals surface area contributed by atoms with E-state index in [4.69, 9.17) is 9.72 Å². The van der Waals surface area contributed by atoms with Gasteiger partial charge >= 0.3 is 0 Å². The van der Waals surface area contributed by atoms with Crippen molar-refractivity contribution in [2.75, 3.05) is 26.7 Å². The van der Waals surface area contributed by atoms with Gasteiger partial charge in [-0.25, -0.2) is 4.98 Å². The number of piperidine rings is 2. The molecular weight excluding hydrogens is 400 g/mol. The van der Waals surface area contributed by atoms with Crippen LogP contribution < -0.4 is 4.74 Å². The van der Waals surface area contributed by atoms with Crippen molar-refractivity contribution in [1.29, 1.82) is 0 Å². The van der Waals surface area contributed by atoms with Crippen molar-refractivity contribution in [3.63, 3.8) is 0 Å². The van der Waals surface area contributed by atoms with Gasteiger partial charge in [0.25, 0.3) is 0 Å². The first-order valence-corrected chi connectivity index (χ1v) is 11.8. The monoisotopic (exact) mass is 432 g/mol. The first-order valence-electron chi connectivity index (χ1n) is 11.8. The highest BCUT2D eigenvalue weighted by Gasteiger charge is 2.33. The molecule has 0 spiro atoms. The molecule has 2 fully saturated rings. The topological polar surface area (TPSA) is 50.6 Å². The zero-order valence-corrected chi connectivity index (χ0v) is 18.8. The Morgan fingerprint density at radius 3 is 2.50 bits per heavy atom. The van der Waals surface area contributed by atoms with Crippen molar-refractivity contribution in [2.45, 2.75) is 50.8 Å². The van der Waals surface area contributed by atoms with Crippen LogP contribution in [-0.4, -0.2) is 58.0 Å². The number of likely N-dealkylation sites (tertiary alicyclic amines) is 2. The molecule has 1 atom stereocenters. The lowest BCUT2D eigenvalue weighted by Crippen LogP contribution is -2.51. The normalized spacial score (nSPS) is 20.5. The van der Waals surface area contributed by atoms with Crippen LogP contribution in [0.1, 0.15) is 44.0 Å². The Morgan fingerprint density at radius 2 is 1.72 bits per heavy atom. The summed E-state index contributed by atoms with van der Waals surface area (Å²) < 4.78 is 8.40. The summed E-state index contributed by atoms with van der Waals surface area (Å²) in [5, 5.41) is 0. The summed E-state index contributed by atoms with van der Waals surface area (Å²) >= 11 is 0. The van der Waals surface area contributed by atoms with Crippen LogP contribution in [0.3, 0.4) is 0 Å². The second-order valence-corrected chi connectivity index (χ2v) is 9.04. The van der Waals surface area contributed by atoms with Crippen molar-refractivity contribution >= 4 is 16.9 Å². The zero-order chi connectivity index (χ0) is 21.9. The number of hydrogen-bond donors (Lipinski definition) is 0. The van der Waals surface area contributed by atoms with Crippen LogP contribution in [0.15, 0.2) is 54.6 Å². The van der Waals surface area contributed by atoms with Crippen LogP contribution in [0.2, 0.25) is 0 Å². The number of amides is 1. The van der Waals surface area contributed by atoms with E-state index in [9.17, 15) is 4.79 Å². The average molecular weight is 433 g/mol. The molecule has 3 heterocycles. The summed E-state index contributed by atoms with van der Waals surface area (Å²) in [7, 11) is 2.09. The van der Waals surface area contributed by atoms with Gasteiger partial charge in [0.1, 0.15) is 18.2 Å². The number of rotatable bonds is 5. The molecule has 0 aliphatic carbocycles. The molecule has 6 nitrogen and oxygen atoms in total. The zero-order valence-electron chi connectivity index (χ0n) is 18.8. The number of carbonyl (C=O) groups is 1. The van der Waals surface area contributed by atoms with E-state index >= 15 is 0 Å². The third-order valence-corrected chi connectivity index (χ3v) is 6.98. The number of likely N-dealkylation sites (N-methyl/N-ethyl adjacent to an activating group) is 1. The van der Waals surface area contributed by atoms with Gasteiger partial charge in [-0.3, -0.25) is 9.69 Å².